The zero-order valence-electron chi connectivity index (χ0n) is 25.3. The maximum Gasteiger partial charge on any atom is 0.319 e. The molecule has 5 N–H and O–H groups in total. The van der Waals surface area contributed by atoms with E-state index in [0.29, 0.717) is 33.8 Å². The van der Waals surface area contributed by atoms with Crippen LogP contribution in [0.5, 0.6) is 0 Å². The number of amides is 1. The van der Waals surface area contributed by atoms with E-state index in [1.165, 1.54) is 12.1 Å². The minimum atomic E-state index is -1.18. The number of para-hydroxylation sites is 1. The summed E-state index contributed by atoms with van der Waals surface area (Å²) in [5.74, 6) is -2.82. The molecule has 1 heterocycles. The molecule has 4 aromatic rings. The highest BCUT2D eigenvalue weighted by Crippen LogP contribution is 2.42. The summed E-state index contributed by atoms with van der Waals surface area (Å²) in [4.78, 5) is 37.3. The van der Waals surface area contributed by atoms with Crippen LogP contribution in [0, 0.1) is 5.82 Å². The van der Waals surface area contributed by atoms with E-state index in [2.05, 4.69) is 5.32 Å². The summed E-state index contributed by atoms with van der Waals surface area (Å²) in [6.07, 6.45) is -2.56. The lowest BCUT2D eigenvalue weighted by Gasteiger charge is -2.22. The van der Waals surface area contributed by atoms with E-state index in [-0.39, 0.29) is 31.2 Å². The molecule has 0 fully saturated rings. The maximum absolute atomic E-state index is 14.2. The maximum atomic E-state index is 14.2. The first-order valence-corrected chi connectivity index (χ1v) is 14.8. The Morgan fingerprint density at radius 3 is 2.13 bits per heavy atom. The SMILES string of the molecule is CC(C)c1c(C(=O)Nc2ccccc2)c(-c2ccccc2)c(-c2ccc(F)cc2)n1CC[C@@H](O)C[C@H](CC(=O)O)OC(=O)CN. The fourth-order valence-corrected chi connectivity index (χ4v) is 5.51. The largest absolute Gasteiger partial charge is 0.481 e. The molecule has 1 amide bonds. The van der Waals surface area contributed by atoms with Crippen molar-refractivity contribution in [2.45, 2.75) is 57.8 Å². The van der Waals surface area contributed by atoms with Crippen molar-refractivity contribution in [3.63, 3.8) is 0 Å². The van der Waals surface area contributed by atoms with Crippen molar-refractivity contribution >= 4 is 23.5 Å². The monoisotopic (exact) mass is 615 g/mol. The second kappa shape index (κ2) is 15.3. The number of nitrogens with zero attached hydrogens (tertiary/aromatic N) is 1. The van der Waals surface area contributed by atoms with Gasteiger partial charge in [-0.2, -0.15) is 0 Å². The summed E-state index contributed by atoms with van der Waals surface area (Å²) in [6, 6.07) is 24.6. The molecule has 0 saturated heterocycles. The first-order chi connectivity index (χ1) is 21.6. The van der Waals surface area contributed by atoms with Crippen molar-refractivity contribution < 1.29 is 33.7 Å². The van der Waals surface area contributed by atoms with Crippen LogP contribution in [-0.2, 0) is 20.9 Å². The topological polar surface area (TPSA) is 144 Å². The Morgan fingerprint density at radius 1 is 0.933 bits per heavy atom. The van der Waals surface area contributed by atoms with Crippen LogP contribution in [0.4, 0.5) is 10.1 Å². The van der Waals surface area contributed by atoms with Crippen molar-refractivity contribution in [3.05, 3.63) is 102 Å². The quantitative estimate of drug-likeness (QED) is 0.131. The fourth-order valence-electron chi connectivity index (χ4n) is 5.51. The number of carbonyl (C=O) groups is 3. The van der Waals surface area contributed by atoms with Gasteiger partial charge < -0.3 is 30.6 Å². The predicted octanol–water partition coefficient (Wildman–Crippen LogP) is 5.82. The van der Waals surface area contributed by atoms with Gasteiger partial charge in [0.1, 0.15) is 11.9 Å². The molecule has 0 unspecified atom stereocenters. The number of hydrogen-bond acceptors (Lipinski definition) is 6. The van der Waals surface area contributed by atoms with Gasteiger partial charge in [-0.05, 0) is 59.9 Å². The molecule has 10 heteroatoms. The van der Waals surface area contributed by atoms with Gasteiger partial charge in [0.25, 0.3) is 5.91 Å². The van der Waals surface area contributed by atoms with Gasteiger partial charge in [0.15, 0.2) is 0 Å². The number of carbonyl (C=O) groups excluding carboxylic acids is 2. The molecule has 0 bridgehead atoms. The number of aliphatic hydroxyl groups is 1. The van der Waals surface area contributed by atoms with Crippen LogP contribution in [0.15, 0.2) is 84.9 Å². The van der Waals surface area contributed by atoms with Gasteiger partial charge in [-0.3, -0.25) is 14.4 Å². The molecule has 4 rings (SSSR count). The van der Waals surface area contributed by atoms with Gasteiger partial charge in [0, 0.05) is 29.9 Å². The highest BCUT2D eigenvalue weighted by molar-refractivity contribution is 6.12. The molecule has 0 aliphatic heterocycles. The van der Waals surface area contributed by atoms with E-state index in [4.69, 9.17) is 10.5 Å². The van der Waals surface area contributed by atoms with Gasteiger partial charge >= 0.3 is 11.9 Å². The Morgan fingerprint density at radius 2 is 1.56 bits per heavy atom. The van der Waals surface area contributed by atoms with Gasteiger partial charge in [-0.1, -0.05) is 62.4 Å². The highest BCUT2D eigenvalue weighted by atomic mass is 19.1. The summed E-state index contributed by atoms with van der Waals surface area (Å²) in [5, 5.41) is 23.4. The van der Waals surface area contributed by atoms with E-state index < -0.39 is 42.9 Å². The number of aliphatic hydroxyl groups excluding tert-OH is 1. The summed E-state index contributed by atoms with van der Waals surface area (Å²) < 4.78 is 21.2. The zero-order chi connectivity index (χ0) is 32.5. The second-order valence-electron chi connectivity index (χ2n) is 11.1. The number of benzene rings is 3. The summed E-state index contributed by atoms with van der Waals surface area (Å²) >= 11 is 0. The molecule has 0 aliphatic rings. The Kier molecular flexibility index (Phi) is 11.2. The highest BCUT2D eigenvalue weighted by Gasteiger charge is 2.31. The Labute approximate surface area is 261 Å². The van der Waals surface area contributed by atoms with Gasteiger partial charge in [0.2, 0.25) is 0 Å². The molecule has 0 aliphatic carbocycles. The van der Waals surface area contributed by atoms with Crippen molar-refractivity contribution in [3.8, 4) is 22.4 Å². The number of anilines is 1. The van der Waals surface area contributed by atoms with Crippen LogP contribution in [0.3, 0.4) is 0 Å². The lowest BCUT2D eigenvalue weighted by molar-refractivity contribution is -0.153. The second-order valence-corrected chi connectivity index (χ2v) is 11.1. The molecular weight excluding hydrogens is 577 g/mol. The van der Waals surface area contributed by atoms with Crippen LogP contribution in [-0.4, -0.2) is 51.4 Å². The number of carboxylic acids is 1. The smallest absolute Gasteiger partial charge is 0.319 e. The van der Waals surface area contributed by atoms with Crippen molar-refractivity contribution in [1.29, 1.82) is 0 Å². The first-order valence-electron chi connectivity index (χ1n) is 14.8. The molecule has 2 atom stereocenters. The molecule has 9 nitrogen and oxygen atoms in total. The van der Waals surface area contributed by atoms with E-state index in [0.717, 1.165) is 5.56 Å². The van der Waals surface area contributed by atoms with Crippen LogP contribution >= 0.6 is 0 Å². The first kappa shape index (κ1) is 33.1. The molecule has 0 radical (unpaired) electrons. The van der Waals surface area contributed by atoms with Crippen molar-refractivity contribution in [1.82, 2.24) is 4.57 Å². The fraction of sp³-hybridized carbons (Fsp3) is 0.286. The van der Waals surface area contributed by atoms with E-state index >= 15 is 0 Å². The number of halogens is 1. The standard InChI is InChI=1S/C35H38FN3O6/c1-22(2)33-32(35(44)38-26-11-7-4-8-12-26)31(23-9-5-3-6-10-23)34(24-13-15-25(36)16-14-24)39(33)18-17-27(40)19-28(20-29(41)42)45-30(43)21-37/h3-16,22,27-28,40H,17-21,37H2,1-2H3,(H,38,44)(H,41,42)/t27-,28-/m1/s1. The molecule has 45 heavy (non-hydrogen) atoms. The zero-order valence-corrected chi connectivity index (χ0v) is 25.3. The van der Waals surface area contributed by atoms with E-state index in [9.17, 15) is 29.0 Å². The number of carboxylic acid groups (broad SMARTS) is 1. The average Bonchev–Trinajstić information content (AvgIpc) is 3.36. The number of ether oxygens (including phenoxy) is 1. The Balaban J connectivity index is 1.84. The summed E-state index contributed by atoms with van der Waals surface area (Å²) in [7, 11) is 0. The number of aromatic nitrogens is 1. The number of nitrogens with two attached hydrogens (primary N) is 1. The van der Waals surface area contributed by atoms with Crippen LogP contribution in [0.2, 0.25) is 0 Å². The van der Waals surface area contributed by atoms with Crippen LogP contribution < -0.4 is 11.1 Å². The predicted molar refractivity (Wildman–Crippen MR) is 170 cm³/mol. The molecular formula is C35H38FN3O6. The lowest BCUT2D eigenvalue weighted by Crippen LogP contribution is -2.30. The van der Waals surface area contributed by atoms with E-state index in [1.54, 1.807) is 24.3 Å². The number of aliphatic carboxylic acids is 1. The average molecular weight is 616 g/mol. The lowest BCUT2D eigenvalue weighted by atomic mass is 9.94. The third-order valence-electron chi connectivity index (χ3n) is 7.38. The van der Waals surface area contributed by atoms with Gasteiger partial charge in [0.05, 0.1) is 30.3 Å². The molecule has 3 aromatic carbocycles. The van der Waals surface area contributed by atoms with Crippen LogP contribution in [0.1, 0.15) is 55.1 Å². The number of rotatable bonds is 14. The van der Waals surface area contributed by atoms with Gasteiger partial charge in [-0.15, -0.1) is 0 Å². The molecule has 0 saturated carbocycles. The summed E-state index contributed by atoms with van der Waals surface area (Å²) in [6.45, 7) is 3.76. The third kappa shape index (κ3) is 8.43. The number of nitrogens with one attached hydrogen (secondary N) is 1. The minimum absolute atomic E-state index is 0.116. The molecule has 0 spiro atoms. The molecule has 236 valence electrons. The number of hydrogen-bond donors (Lipinski definition) is 4. The van der Waals surface area contributed by atoms with Crippen molar-refractivity contribution in [2.24, 2.45) is 5.73 Å². The third-order valence-corrected chi connectivity index (χ3v) is 7.38. The number of esters is 1. The van der Waals surface area contributed by atoms with Crippen LogP contribution in [0.25, 0.3) is 22.4 Å². The van der Waals surface area contributed by atoms with Gasteiger partial charge in [-0.25, -0.2) is 4.39 Å². The van der Waals surface area contributed by atoms with Crippen molar-refractivity contribution in [2.75, 3.05) is 11.9 Å². The molecule has 1 aromatic heterocycles. The summed E-state index contributed by atoms with van der Waals surface area (Å²) in [5.41, 5.74) is 9.92. The normalized spacial score (nSPS) is 12.5. The Bertz CT molecular complexity index is 1600. The minimum Gasteiger partial charge on any atom is -0.481 e. The Hall–Kier alpha value is -4.80. The van der Waals surface area contributed by atoms with E-state index in [1.807, 2.05) is 66.9 Å².